The molecule has 0 bridgehead atoms. The van der Waals surface area contributed by atoms with Crippen LogP contribution in [0.2, 0.25) is 0 Å². The number of aromatic nitrogens is 3. The summed E-state index contributed by atoms with van der Waals surface area (Å²) in [6, 6.07) is 0. The Morgan fingerprint density at radius 3 is 2.92 bits per heavy atom. The Balaban J connectivity index is 1.60. The van der Waals surface area contributed by atoms with E-state index in [4.69, 9.17) is 4.74 Å². The fourth-order valence-corrected chi connectivity index (χ4v) is 3.61. The summed E-state index contributed by atoms with van der Waals surface area (Å²) in [6.07, 6.45) is 4.09. The molecule has 3 rings (SSSR count). The highest BCUT2D eigenvalue weighted by Crippen LogP contribution is 2.24. The summed E-state index contributed by atoms with van der Waals surface area (Å²) >= 11 is 1.47. The first kappa shape index (κ1) is 17.8. The van der Waals surface area contributed by atoms with Crippen molar-refractivity contribution >= 4 is 22.4 Å². The van der Waals surface area contributed by atoms with Gasteiger partial charge in [0.25, 0.3) is 0 Å². The molecule has 0 saturated carbocycles. The molecule has 1 fully saturated rings. The van der Waals surface area contributed by atoms with E-state index in [0.29, 0.717) is 17.6 Å². The van der Waals surface area contributed by atoms with E-state index in [9.17, 15) is 9.18 Å². The maximum absolute atomic E-state index is 13.0. The fraction of sp³-hybridized carbons (Fsp3) is 0.500. The number of morpholine rings is 1. The fourth-order valence-electron chi connectivity index (χ4n) is 2.71. The number of halogens is 1. The van der Waals surface area contributed by atoms with Crippen LogP contribution in [-0.2, 0) is 16.1 Å². The predicted octanol–water partition coefficient (Wildman–Crippen LogP) is 2.04. The first-order valence-electron chi connectivity index (χ1n) is 8.05. The highest BCUT2D eigenvalue weighted by molar-refractivity contribution is 7.15. The molecule has 2 atom stereocenters. The molecule has 1 N–H and O–H groups in total. The molecule has 0 radical (unpaired) electrons. The van der Waals surface area contributed by atoms with E-state index in [-0.39, 0.29) is 17.9 Å². The number of carbonyl (C=O) groups excluding carboxylic acids is 1. The highest BCUT2D eigenvalue weighted by Gasteiger charge is 2.28. The van der Waals surface area contributed by atoms with E-state index in [1.165, 1.54) is 30.7 Å². The van der Waals surface area contributed by atoms with Gasteiger partial charge in [0.15, 0.2) is 10.9 Å². The average molecular weight is 365 g/mol. The van der Waals surface area contributed by atoms with E-state index in [1.54, 1.807) is 6.20 Å². The number of anilines is 1. The van der Waals surface area contributed by atoms with Gasteiger partial charge < -0.3 is 10.1 Å². The number of carbonyl (C=O) groups is 1. The van der Waals surface area contributed by atoms with Crippen LogP contribution >= 0.6 is 11.3 Å². The summed E-state index contributed by atoms with van der Waals surface area (Å²) in [5.74, 6) is -0.0124. The van der Waals surface area contributed by atoms with Gasteiger partial charge in [-0.05, 0) is 0 Å². The minimum atomic E-state index is -0.442. The van der Waals surface area contributed by atoms with Crippen LogP contribution in [0.25, 0.3) is 0 Å². The van der Waals surface area contributed by atoms with Crippen LogP contribution in [0.15, 0.2) is 18.6 Å². The lowest BCUT2D eigenvalue weighted by Gasteiger charge is -2.35. The standard InChI is InChI=1S/C16H20FN5O2S/c1-10(15-18-5-12(17)6-19-15)14-9-22(3-4-24-14)8-13-7-20-16(25-13)21-11(2)23/h5-7,10,14H,3-4,8-9H2,1-2H3,(H,20,21,23)/t10-,14?/m1/s1. The van der Waals surface area contributed by atoms with Crippen LogP contribution < -0.4 is 5.32 Å². The third-order valence-corrected chi connectivity index (χ3v) is 4.90. The Morgan fingerprint density at radius 1 is 1.44 bits per heavy atom. The normalized spacial score (nSPS) is 19.6. The van der Waals surface area contributed by atoms with Crippen molar-refractivity contribution in [2.45, 2.75) is 32.4 Å². The molecule has 134 valence electrons. The smallest absolute Gasteiger partial charge is 0.223 e. The number of ether oxygens (including phenoxy) is 1. The van der Waals surface area contributed by atoms with Gasteiger partial charge in [-0.25, -0.2) is 19.3 Å². The number of nitrogens with one attached hydrogen (secondary N) is 1. The third-order valence-electron chi connectivity index (χ3n) is 4.00. The number of hydrogen-bond acceptors (Lipinski definition) is 7. The van der Waals surface area contributed by atoms with Crippen molar-refractivity contribution in [3.05, 3.63) is 35.1 Å². The van der Waals surface area contributed by atoms with Crippen LogP contribution in [0.4, 0.5) is 9.52 Å². The topological polar surface area (TPSA) is 80.2 Å². The average Bonchev–Trinajstić information content (AvgIpc) is 3.01. The molecule has 25 heavy (non-hydrogen) atoms. The largest absolute Gasteiger partial charge is 0.375 e. The Morgan fingerprint density at radius 2 is 2.20 bits per heavy atom. The second-order valence-electron chi connectivity index (χ2n) is 6.01. The molecule has 0 aliphatic carbocycles. The molecule has 2 aromatic heterocycles. The van der Waals surface area contributed by atoms with E-state index >= 15 is 0 Å². The summed E-state index contributed by atoms with van der Waals surface area (Å²) in [7, 11) is 0. The van der Waals surface area contributed by atoms with E-state index < -0.39 is 5.82 Å². The van der Waals surface area contributed by atoms with Crippen LogP contribution in [0, 0.1) is 5.82 Å². The molecule has 9 heteroatoms. The number of amides is 1. The monoisotopic (exact) mass is 365 g/mol. The Labute approximate surface area is 149 Å². The van der Waals surface area contributed by atoms with Crippen molar-refractivity contribution in [3.8, 4) is 0 Å². The molecule has 1 aliphatic heterocycles. The molecule has 2 aromatic rings. The molecule has 1 saturated heterocycles. The first-order valence-corrected chi connectivity index (χ1v) is 8.86. The van der Waals surface area contributed by atoms with Gasteiger partial charge in [0.1, 0.15) is 5.82 Å². The summed E-state index contributed by atoms with van der Waals surface area (Å²) in [5.41, 5.74) is 0. The van der Waals surface area contributed by atoms with Crippen molar-refractivity contribution in [1.82, 2.24) is 19.9 Å². The number of rotatable bonds is 5. The first-order chi connectivity index (χ1) is 12.0. The lowest BCUT2D eigenvalue weighted by Crippen LogP contribution is -2.44. The maximum atomic E-state index is 13.0. The highest BCUT2D eigenvalue weighted by atomic mass is 32.1. The zero-order valence-corrected chi connectivity index (χ0v) is 14.9. The van der Waals surface area contributed by atoms with Gasteiger partial charge in [0.05, 0.1) is 25.1 Å². The van der Waals surface area contributed by atoms with Gasteiger partial charge in [-0.15, -0.1) is 11.3 Å². The van der Waals surface area contributed by atoms with E-state index in [2.05, 4.69) is 25.2 Å². The lowest BCUT2D eigenvalue weighted by molar-refractivity contribution is -0.114. The minimum absolute atomic E-state index is 0.0280. The lowest BCUT2D eigenvalue weighted by atomic mass is 10.0. The Bertz CT molecular complexity index is 724. The minimum Gasteiger partial charge on any atom is -0.375 e. The molecule has 0 spiro atoms. The summed E-state index contributed by atoms with van der Waals surface area (Å²) < 4.78 is 18.8. The molecule has 3 heterocycles. The van der Waals surface area contributed by atoms with E-state index in [0.717, 1.165) is 24.5 Å². The maximum Gasteiger partial charge on any atom is 0.223 e. The number of thiazole rings is 1. The SMILES string of the molecule is CC(=O)Nc1ncc(CN2CCOC([C@@H](C)c3ncc(F)cn3)C2)s1. The summed E-state index contributed by atoms with van der Waals surface area (Å²) in [4.78, 5) is 26.8. The molecular formula is C16H20FN5O2S. The number of nitrogens with zero attached hydrogens (tertiary/aromatic N) is 4. The second-order valence-corrected chi connectivity index (χ2v) is 7.12. The predicted molar refractivity (Wildman–Crippen MR) is 91.8 cm³/mol. The van der Waals surface area contributed by atoms with Gasteiger partial charge >= 0.3 is 0 Å². The van der Waals surface area contributed by atoms with Crippen molar-refractivity contribution in [2.24, 2.45) is 0 Å². The molecule has 0 aromatic carbocycles. The second kappa shape index (κ2) is 7.94. The Hall–Kier alpha value is -1.97. The van der Waals surface area contributed by atoms with E-state index in [1.807, 2.05) is 6.92 Å². The van der Waals surface area contributed by atoms with Crippen molar-refractivity contribution in [2.75, 3.05) is 25.0 Å². The van der Waals surface area contributed by atoms with Gasteiger partial charge in [0.2, 0.25) is 5.91 Å². The zero-order chi connectivity index (χ0) is 17.8. The quantitative estimate of drug-likeness (QED) is 0.873. The summed E-state index contributed by atoms with van der Waals surface area (Å²) in [6.45, 7) is 6.37. The van der Waals surface area contributed by atoms with Crippen molar-refractivity contribution < 1.29 is 13.9 Å². The van der Waals surface area contributed by atoms with Gasteiger partial charge in [0, 0.05) is 43.5 Å². The molecule has 1 amide bonds. The van der Waals surface area contributed by atoms with Crippen molar-refractivity contribution in [1.29, 1.82) is 0 Å². The Kier molecular flexibility index (Phi) is 5.67. The van der Waals surface area contributed by atoms with Crippen LogP contribution in [0.1, 0.15) is 30.5 Å². The van der Waals surface area contributed by atoms with Crippen LogP contribution in [-0.4, -0.2) is 51.6 Å². The van der Waals surface area contributed by atoms with Crippen molar-refractivity contribution in [3.63, 3.8) is 0 Å². The molecule has 1 unspecified atom stereocenters. The molecule has 7 nitrogen and oxygen atoms in total. The van der Waals surface area contributed by atoms with Crippen LogP contribution in [0.5, 0.6) is 0 Å². The summed E-state index contributed by atoms with van der Waals surface area (Å²) in [5, 5.41) is 3.31. The molecular weight excluding hydrogens is 345 g/mol. The molecule has 1 aliphatic rings. The third kappa shape index (κ3) is 4.77. The van der Waals surface area contributed by atoms with Gasteiger partial charge in [-0.2, -0.15) is 0 Å². The van der Waals surface area contributed by atoms with Crippen LogP contribution in [0.3, 0.4) is 0 Å². The number of hydrogen-bond donors (Lipinski definition) is 1. The van der Waals surface area contributed by atoms with Gasteiger partial charge in [-0.1, -0.05) is 6.92 Å². The van der Waals surface area contributed by atoms with Gasteiger partial charge in [-0.3, -0.25) is 9.69 Å². The zero-order valence-electron chi connectivity index (χ0n) is 14.1.